The highest BCUT2D eigenvalue weighted by Gasteiger charge is 2.18. The second kappa shape index (κ2) is 18.2. The molecule has 0 radical (unpaired) electrons. The number of carbonyl (C=O) groups is 2. The molecule has 0 aliphatic rings. The Bertz CT molecular complexity index is 1650. The smallest absolute Gasteiger partial charge is 0.274 e. The van der Waals surface area contributed by atoms with Gasteiger partial charge in [0.25, 0.3) is 11.8 Å². The summed E-state index contributed by atoms with van der Waals surface area (Å²) in [5, 5.41) is 6.04. The van der Waals surface area contributed by atoms with Crippen LogP contribution in [-0.4, -0.2) is 100 Å². The van der Waals surface area contributed by atoms with Crippen molar-refractivity contribution < 1.29 is 28.5 Å². The number of carbonyl (C=O) groups excluding carboxylic acids is 2. The lowest BCUT2D eigenvalue weighted by Gasteiger charge is -2.19. The van der Waals surface area contributed by atoms with E-state index in [0.29, 0.717) is 49.2 Å². The second-order valence-electron chi connectivity index (χ2n) is 12.1. The number of anilines is 2. The largest absolute Gasteiger partial charge is 0.496 e. The van der Waals surface area contributed by atoms with Crippen molar-refractivity contribution in [1.29, 1.82) is 0 Å². The average Bonchev–Trinajstić information content (AvgIpc) is 3.11. The maximum atomic E-state index is 13.4. The van der Waals surface area contributed by atoms with Gasteiger partial charge in [-0.1, -0.05) is 24.3 Å². The summed E-state index contributed by atoms with van der Waals surface area (Å²) in [6.45, 7) is 7.83. The van der Waals surface area contributed by atoms with Crippen molar-refractivity contribution in [2.75, 3.05) is 79.5 Å². The number of pyridine rings is 2. The van der Waals surface area contributed by atoms with Crippen molar-refractivity contribution >= 4 is 23.2 Å². The van der Waals surface area contributed by atoms with Crippen LogP contribution in [0.25, 0.3) is 11.1 Å². The molecular formula is C38H48N6O6. The highest BCUT2D eigenvalue weighted by Crippen LogP contribution is 2.34. The van der Waals surface area contributed by atoms with E-state index in [2.05, 4.69) is 30.4 Å². The van der Waals surface area contributed by atoms with Crippen LogP contribution in [0.15, 0.2) is 60.9 Å². The zero-order valence-corrected chi connectivity index (χ0v) is 30.3. The van der Waals surface area contributed by atoms with Gasteiger partial charge in [-0.25, -0.2) is 0 Å². The minimum Gasteiger partial charge on any atom is -0.496 e. The van der Waals surface area contributed by atoms with Crippen molar-refractivity contribution in [2.24, 2.45) is 0 Å². The van der Waals surface area contributed by atoms with E-state index in [1.54, 1.807) is 53.0 Å². The summed E-state index contributed by atoms with van der Waals surface area (Å²) in [5.41, 5.74) is 7.09. The average molecular weight is 685 g/mol. The molecule has 4 rings (SSSR count). The Labute approximate surface area is 294 Å². The van der Waals surface area contributed by atoms with Crippen molar-refractivity contribution in [1.82, 2.24) is 19.8 Å². The summed E-state index contributed by atoms with van der Waals surface area (Å²) in [6, 6.07) is 14.8. The molecule has 0 fully saturated rings. The summed E-state index contributed by atoms with van der Waals surface area (Å²) in [6.07, 6.45) is 3.35. The fourth-order valence-electron chi connectivity index (χ4n) is 5.53. The maximum absolute atomic E-state index is 13.4. The van der Waals surface area contributed by atoms with Crippen molar-refractivity contribution in [3.8, 4) is 22.6 Å². The first-order valence-corrected chi connectivity index (χ1v) is 16.3. The van der Waals surface area contributed by atoms with Crippen LogP contribution in [0.3, 0.4) is 0 Å². The molecule has 2 heterocycles. The van der Waals surface area contributed by atoms with Gasteiger partial charge >= 0.3 is 0 Å². The SMILES string of the molecule is COCCN(C)Cc1cnc(C(=O)Nc2cccc(-c3cccc(NC(=O)c4cc(OC)c(CN(C)CCOC)cn4)c3C)c2C)cc1OC. The number of likely N-dealkylation sites (N-methyl/N-ethyl adjacent to an activating group) is 2. The van der Waals surface area contributed by atoms with Gasteiger partial charge in [0.15, 0.2) is 0 Å². The van der Waals surface area contributed by atoms with E-state index in [1.165, 1.54) is 0 Å². The maximum Gasteiger partial charge on any atom is 0.274 e. The lowest BCUT2D eigenvalue weighted by atomic mass is 9.94. The topological polar surface area (TPSA) is 127 Å². The van der Waals surface area contributed by atoms with Crippen LogP contribution in [0, 0.1) is 13.8 Å². The quantitative estimate of drug-likeness (QED) is 0.149. The van der Waals surface area contributed by atoms with E-state index in [4.69, 9.17) is 18.9 Å². The molecule has 0 aliphatic carbocycles. The minimum atomic E-state index is -0.351. The standard InChI is InChI=1S/C38H48N6O6/c1-25-29(11-9-13-31(25)41-37(45)33-19-35(49-7)27(21-39-33)23-43(3)15-17-47-5)30-12-10-14-32(26(30)2)42-38(46)34-20-36(50-8)28(22-40-34)24-44(4)16-18-48-6/h9-14,19-22H,15-18,23-24H2,1-8H3,(H,41,45)(H,42,46). The van der Waals surface area contributed by atoms with Gasteiger partial charge in [-0.05, 0) is 62.3 Å². The lowest BCUT2D eigenvalue weighted by molar-refractivity contribution is 0.101. The van der Waals surface area contributed by atoms with Crippen molar-refractivity contribution in [3.05, 3.63) is 94.6 Å². The Kier molecular flexibility index (Phi) is 13.8. The molecule has 2 N–H and O–H groups in total. The summed E-state index contributed by atoms with van der Waals surface area (Å²) in [7, 11) is 10.5. The van der Waals surface area contributed by atoms with Crippen LogP contribution in [0.4, 0.5) is 11.4 Å². The summed E-state index contributed by atoms with van der Waals surface area (Å²) >= 11 is 0. The third-order valence-corrected chi connectivity index (χ3v) is 8.48. The van der Waals surface area contributed by atoms with E-state index >= 15 is 0 Å². The Morgan fingerprint density at radius 3 is 1.42 bits per heavy atom. The molecule has 0 unspecified atom stereocenters. The van der Waals surface area contributed by atoms with Gasteiger partial charge in [0, 0.05) is 87.4 Å². The molecule has 0 bridgehead atoms. The first kappa shape index (κ1) is 37.9. The molecule has 50 heavy (non-hydrogen) atoms. The molecule has 0 atom stereocenters. The number of methoxy groups -OCH3 is 4. The molecule has 0 spiro atoms. The third kappa shape index (κ3) is 9.63. The molecule has 2 amide bonds. The fourth-order valence-corrected chi connectivity index (χ4v) is 5.53. The van der Waals surface area contributed by atoms with Gasteiger partial charge in [-0.3, -0.25) is 29.4 Å². The number of rotatable bonds is 17. The van der Waals surface area contributed by atoms with E-state index < -0.39 is 0 Å². The Morgan fingerprint density at radius 2 is 1.06 bits per heavy atom. The highest BCUT2D eigenvalue weighted by molar-refractivity contribution is 6.05. The highest BCUT2D eigenvalue weighted by atomic mass is 16.5. The van der Waals surface area contributed by atoms with Gasteiger partial charge < -0.3 is 29.6 Å². The fraction of sp³-hybridized carbons (Fsp3) is 0.368. The zero-order valence-electron chi connectivity index (χ0n) is 30.3. The summed E-state index contributed by atoms with van der Waals surface area (Å²) in [5.74, 6) is 0.473. The predicted octanol–water partition coefficient (Wildman–Crippen LogP) is 5.44. The summed E-state index contributed by atoms with van der Waals surface area (Å²) < 4.78 is 21.5. The molecule has 2 aromatic carbocycles. The van der Waals surface area contributed by atoms with Gasteiger partial charge in [0.1, 0.15) is 22.9 Å². The first-order chi connectivity index (χ1) is 24.1. The molecule has 4 aromatic rings. The Hall–Kier alpha value is -4.88. The lowest BCUT2D eigenvalue weighted by Crippen LogP contribution is -2.23. The zero-order chi connectivity index (χ0) is 36.2. The number of amides is 2. The van der Waals surface area contributed by atoms with Crippen LogP contribution in [0.2, 0.25) is 0 Å². The molecule has 0 saturated carbocycles. The number of aromatic nitrogens is 2. The monoisotopic (exact) mass is 684 g/mol. The number of hydrogen-bond donors (Lipinski definition) is 2. The summed E-state index contributed by atoms with van der Waals surface area (Å²) in [4.78, 5) is 39.8. The van der Waals surface area contributed by atoms with Crippen LogP contribution in [-0.2, 0) is 22.6 Å². The van der Waals surface area contributed by atoms with E-state index in [1.807, 2.05) is 64.3 Å². The second-order valence-corrected chi connectivity index (χ2v) is 12.1. The van der Waals surface area contributed by atoms with Crippen LogP contribution >= 0.6 is 0 Å². The van der Waals surface area contributed by atoms with Crippen molar-refractivity contribution in [3.63, 3.8) is 0 Å². The van der Waals surface area contributed by atoms with Gasteiger partial charge in [-0.2, -0.15) is 0 Å². The van der Waals surface area contributed by atoms with Crippen LogP contribution < -0.4 is 20.1 Å². The number of ether oxygens (including phenoxy) is 4. The third-order valence-electron chi connectivity index (χ3n) is 8.48. The molecule has 12 heteroatoms. The number of nitrogens with zero attached hydrogens (tertiary/aromatic N) is 4. The number of benzene rings is 2. The van der Waals surface area contributed by atoms with Crippen LogP contribution in [0.1, 0.15) is 43.2 Å². The molecule has 12 nitrogen and oxygen atoms in total. The van der Waals surface area contributed by atoms with Gasteiger partial charge in [0.2, 0.25) is 0 Å². The molecule has 2 aromatic heterocycles. The van der Waals surface area contributed by atoms with Crippen molar-refractivity contribution in [2.45, 2.75) is 26.9 Å². The van der Waals surface area contributed by atoms with E-state index in [-0.39, 0.29) is 23.2 Å². The van der Waals surface area contributed by atoms with Gasteiger partial charge in [0.05, 0.1) is 27.4 Å². The Morgan fingerprint density at radius 1 is 0.660 bits per heavy atom. The van der Waals surface area contributed by atoms with E-state index in [0.717, 1.165) is 46.5 Å². The molecule has 266 valence electrons. The Balaban J connectivity index is 1.51. The van der Waals surface area contributed by atoms with E-state index in [9.17, 15) is 9.59 Å². The number of nitrogens with one attached hydrogen (secondary N) is 2. The molecular weight excluding hydrogens is 636 g/mol. The van der Waals surface area contributed by atoms with Gasteiger partial charge in [-0.15, -0.1) is 0 Å². The first-order valence-electron chi connectivity index (χ1n) is 16.3. The molecule has 0 saturated heterocycles. The predicted molar refractivity (Wildman–Crippen MR) is 195 cm³/mol. The van der Waals surface area contributed by atoms with Crippen LogP contribution in [0.5, 0.6) is 11.5 Å². The molecule has 0 aliphatic heterocycles. The number of hydrogen-bond acceptors (Lipinski definition) is 10. The normalized spacial score (nSPS) is 11.2. The minimum absolute atomic E-state index is 0.243.